The molecule has 0 aliphatic carbocycles. The second kappa shape index (κ2) is 9.03. The number of nitrogens with one attached hydrogen (secondary N) is 2. The highest BCUT2D eigenvalue weighted by Gasteiger charge is 2.38. The van der Waals surface area contributed by atoms with Crippen molar-refractivity contribution in [1.29, 1.82) is 0 Å². The van der Waals surface area contributed by atoms with Crippen molar-refractivity contribution in [3.8, 4) is 0 Å². The predicted octanol–water partition coefficient (Wildman–Crippen LogP) is 2.44. The lowest BCUT2D eigenvalue weighted by Crippen LogP contribution is -2.41. The molecule has 148 valence electrons. The summed E-state index contributed by atoms with van der Waals surface area (Å²) in [4.78, 5) is 23.7. The first-order chi connectivity index (χ1) is 13.0. The van der Waals surface area contributed by atoms with Crippen LogP contribution in [0.4, 0.5) is 0 Å². The van der Waals surface area contributed by atoms with E-state index in [1.165, 1.54) is 19.2 Å². The van der Waals surface area contributed by atoms with E-state index >= 15 is 0 Å². The fraction of sp³-hybridized carbons (Fsp3) is 0.632. The number of allylic oxidation sites excluding steroid dienone is 1. The Balaban J connectivity index is 1.79. The zero-order valence-corrected chi connectivity index (χ0v) is 17.3. The number of ether oxygens (including phenoxy) is 1. The number of amidine groups is 1. The van der Waals surface area contributed by atoms with Gasteiger partial charge in [0.25, 0.3) is 0 Å². The summed E-state index contributed by atoms with van der Waals surface area (Å²) in [6, 6.07) is 0.615. The maximum atomic E-state index is 12.2. The van der Waals surface area contributed by atoms with E-state index in [1.807, 2.05) is 6.20 Å². The van der Waals surface area contributed by atoms with Crippen LogP contribution in [0.5, 0.6) is 0 Å². The van der Waals surface area contributed by atoms with Crippen LogP contribution in [-0.4, -0.2) is 54.7 Å². The van der Waals surface area contributed by atoms with Gasteiger partial charge in [0.05, 0.1) is 24.9 Å². The van der Waals surface area contributed by atoms with Crippen molar-refractivity contribution in [1.82, 2.24) is 14.3 Å². The normalized spacial score (nSPS) is 24.9. The first-order valence-corrected chi connectivity index (χ1v) is 10.4. The van der Waals surface area contributed by atoms with Gasteiger partial charge in [-0.15, -0.1) is 0 Å². The Morgan fingerprint density at radius 2 is 2.26 bits per heavy atom. The number of fused-ring (bicyclic) bond motifs is 1. The first kappa shape index (κ1) is 20.1. The minimum Gasteiger partial charge on any atom is -0.466 e. The standard InChI is InChI=1S/C19H29N5O2S/c1-5-13-6-7-20-16(8-13)18-21-10-15(19(25)26-4)17-9-14(11-24(17)18)23-27-22-12(2)3/h6-7,12-14,22-23H,5,8-11H2,1-4H3/t13-,14?/m0/s1. The molecular weight excluding hydrogens is 362 g/mol. The molecule has 0 amide bonds. The Labute approximate surface area is 165 Å². The molecule has 0 radical (unpaired) electrons. The van der Waals surface area contributed by atoms with E-state index in [2.05, 4.69) is 46.2 Å². The topological polar surface area (TPSA) is 78.3 Å². The first-order valence-electron chi connectivity index (χ1n) is 9.56. The molecule has 0 aromatic carbocycles. The molecule has 1 saturated heterocycles. The Bertz CT molecular complexity index is 698. The van der Waals surface area contributed by atoms with Crippen LogP contribution in [0.1, 0.15) is 40.0 Å². The Kier molecular flexibility index (Phi) is 6.73. The van der Waals surface area contributed by atoms with E-state index in [1.54, 1.807) is 0 Å². The monoisotopic (exact) mass is 391 g/mol. The van der Waals surface area contributed by atoms with Gasteiger partial charge in [0.15, 0.2) is 0 Å². The third-order valence-corrected chi connectivity index (χ3v) is 5.98. The summed E-state index contributed by atoms with van der Waals surface area (Å²) in [5.41, 5.74) is 2.69. The fourth-order valence-corrected chi connectivity index (χ4v) is 4.12. The van der Waals surface area contributed by atoms with Crippen molar-refractivity contribution in [2.75, 3.05) is 20.2 Å². The third kappa shape index (κ3) is 4.62. The highest BCUT2D eigenvalue weighted by atomic mass is 32.2. The zero-order chi connectivity index (χ0) is 19.4. The van der Waals surface area contributed by atoms with E-state index in [-0.39, 0.29) is 12.0 Å². The van der Waals surface area contributed by atoms with E-state index in [0.717, 1.165) is 43.1 Å². The molecule has 3 aliphatic heterocycles. The summed E-state index contributed by atoms with van der Waals surface area (Å²) < 4.78 is 11.8. The number of esters is 1. The van der Waals surface area contributed by atoms with E-state index in [4.69, 9.17) is 9.73 Å². The number of methoxy groups -OCH3 is 1. The summed E-state index contributed by atoms with van der Waals surface area (Å²) >= 11 is 1.51. The van der Waals surface area contributed by atoms with Gasteiger partial charge in [-0.1, -0.05) is 13.0 Å². The number of carbonyl (C=O) groups is 1. The number of aliphatic imine (C=N–C) groups is 2. The van der Waals surface area contributed by atoms with Gasteiger partial charge >= 0.3 is 5.97 Å². The molecule has 2 atom stereocenters. The number of nitrogens with zero attached hydrogens (tertiary/aromatic N) is 3. The molecular formula is C19H29N5O2S. The molecule has 27 heavy (non-hydrogen) atoms. The molecule has 8 heteroatoms. The molecule has 7 nitrogen and oxygen atoms in total. The number of rotatable bonds is 7. The lowest BCUT2D eigenvalue weighted by Gasteiger charge is -2.30. The number of carbonyl (C=O) groups excluding carboxylic acids is 1. The summed E-state index contributed by atoms with van der Waals surface area (Å²) in [6.07, 6.45) is 6.80. The van der Waals surface area contributed by atoms with Gasteiger partial charge in [-0.2, -0.15) is 0 Å². The minimum absolute atomic E-state index is 0.223. The number of hydrogen-bond acceptors (Lipinski definition) is 8. The van der Waals surface area contributed by atoms with Gasteiger partial charge < -0.3 is 9.64 Å². The van der Waals surface area contributed by atoms with Gasteiger partial charge in [-0.3, -0.25) is 9.98 Å². The highest BCUT2D eigenvalue weighted by molar-refractivity contribution is 7.95. The molecule has 0 aromatic heterocycles. The summed E-state index contributed by atoms with van der Waals surface area (Å²) in [5, 5.41) is 0. The Hall–Kier alpha value is -1.64. The SMILES string of the molecule is CC[C@H]1C=CN=C(C2=NCC(C(=O)OC)=C3CC(NSNC(C)C)CN23)C1. The van der Waals surface area contributed by atoms with Crippen LogP contribution < -0.4 is 9.44 Å². The second-order valence-corrected chi connectivity index (χ2v) is 8.03. The van der Waals surface area contributed by atoms with Gasteiger partial charge in [-0.05, 0) is 32.6 Å². The van der Waals surface area contributed by atoms with E-state index in [0.29, 0.717) is 24.1 Å². The lowest BCUT2D eigenvalue weighted by molar-refractivity contribution is -0.136. The lowest BCUT2D eigenvalue weighted by atomic mass is 9.96. The molecule has 3 rings (SSSR count). The van der Waals surface area contributed by atoms with Crippen LogP contribution in [0.2, 0.25) is 0 Å². The van der Waals surface area contributed by atoms with Crippen molar-refractivity contribution in [3.63, 3.8) is 0 Å². The Morgan fingerprint density at radius 3 is 2.96 bits per heavy atom. The molecule has 0 saturated carbocycles. The predicted molar refractivity (Wildman–Crippen MR) is 110 cm³/mol. The fourth-order valence-electron chi connectivity index (χ4n) is 3.49. The van der Waals surface area contributed by atoms with Crippen LogP contribution in [0.15, 0.2) is 33.5 Å². The zero-order valence-electron chi connectivity index (χ0n) is 16.5. The van der Waals surface area contributed by atoms with Crippen LogP contribution in [0, 0.1) is 5.92 Å². The summed E-state index contributed by atoms with van der Waals surface area (Å²) in [7, 11) is 1.43. The smallest absolute Gasteiger partial charge is 0.337 e. The second-order valence-electron chi connectivity index (χ2n) is 7.35. The minimum atomic E-state index is -0.289. The van der Waals surface area contributed by atoms with Crippen LogP contribution in [0.25, 0.3) is 0 Å². The third-order valence-electron chi connectivity index (χ3n) is 4.94. The van der Waals surface area contributed by atoms with Gasteiger partial charge in [0.1, 0.15) is 5.84 Å². The quantitative estimate of drug-likeness (QED) is 0.513. The molecule has 3 heterocycles. The molecule has 3 aliphatic rings. The van der Waals surface area contributed by atoms with Gasteiger partial charge in [-0.25, -0.2) is 14.2 Å². The van der Waals surface area contributed by atoms with Crippen molar-refractivity contribution < 1.29 is 9.53 Å². The van der Waals surface area contributed by atoms with Crippen LogP contribution in [-0.2, 0) is 9.53 Å². The van der Waals surface area contributed by atoms with Crippen LogP contribution in [0.3, 0.4) is 0 Å². The van der Waals surface area contributed by atoms with Crippen LogP contribution >= 0.6 is 12.1 Å². The molecule has 0 spiro atoms. The average molecular weight is 392 g/mol. The summed E-state index contributed by atoms with van der Waals surface area (Å²) in [6.45, 7) is 7.52. The van der Waals surface area contributed by atoms with Crippen molar-refractivity contribution >= 4 is 29.7 Å². The molecule has 0 aromatic rings. The molecule has 2 N–H and O–H groups in total. The average Bonchev–Trinajstić information content (AvgIpc) is 3.10. The molecule has 1 fully saturated rings. The van der Waals surface area contributed by atoms with Crippen molar-refractivity contribution in [2.24, 2.45) is 15.9 Å². The van der Waals surface area contributed by atoms with Gasteiger partial charge in [0.2, 0.25) is 0 Å². The van der Waals surface area contributed by atoms with Crippen molar-refractivity contribution in [3.05, 3.63) is 23.5 Å². The summed E-state index contributed by atoms with van der Waals surface area (Å²) in [5.74, 6) is 1.12. The van der Waals surface area contributed by atoms with E-state index in [9.17, 15) is 4.79 Å². The maximum Gasteiger partial charge on any atom is 0.337 e. The highest BCUT2D eigenvalue weighted by Crippen LogP contribution is 2.31. The largest absolute Gasteiger partial charge is 0.466 e. The molecule has 1 unspecified atom stereocenters. The van der Waals surface area contributed by atoms with Gasteiger partial charge in [0, 0.05) is 49.1 Å². The Morgan fingerprint density at radius 1 is 1.44 bits per heavy atom. The maximum absolute atomic E-state index is 12.2. The van der Waals surface area contributed by atoms with E-state index < -0.39 is 0 Å². The molecule has 0 bridgehead atoms. The number of hydrogen-bond donors (Lipinski definition) is 2. The van der Waals surface area contributed by atoms with Crippen molar-refractivity contribution in [2.45, 2.75) is 52.1 Å².